The van der Waals surface area contributed by atoms with E-state index in [9.17, 15) is 0 Å². The molecule has 1 fully saturated rings. The first-order chi connectivity index (χ1) is 9.17. The number of nitrogens with one attached hydrogen (secondary N) is 1. The number of nitrogens with zero attached hydrogens (tertiary/aromatic N) is 1. The highest BCUT2D eigenvalue weighted by Gasteiger charge is 2.42. The van der Waals surface area contributed by atoms with Gasteiger partial charge < -0.3 is 21.0 Å². The highest BCUT2D eigenvalue weighted by molar-refractivity contribution is 5.80. The number of hydrogen-bond donors (Lipinski definition) is 3. The van der Waals surface area contributed by atoms with Crippen LogP contribution in [0.15, 0.2) is 29.4 Å². The molecule has 1 saturated carbocycles. The molecule has 1 aliphatic rings. The molecule has 4 N–H and O–H groups in total. The van der Waals surface area contributed by atoms with Gasteiger partial charge in [-0.1, -0.05) is 17.3 Å². The van der Waals surface area contributed by atoms with Crippen LogP contribution in [-0.2, 0) is 6.54 Å². The number of benzene rings is 1. The Morgan fingerprint density at radius 2 is 2.32 bits per heavy atom. The molecule has 19 heavy (non-hydrogen) atoms. The first kappa shape index (κ1) is 13.7. The number of hydrogen-bond acceptors (Lipinski definition) is 4. The van der Waals surface area contributed by atoms with E-state index < -0.39 is 0 Å². The predicted octanol–water partition coefficient (Wildman–Crippen LogP) is 1.70. The Balaban J connectivity index is 1.80. The zero-order valence-corrected chi connectivity index (χ0v) is 11.2. The van der Waals surface area contributed by atoms with Gasteiger partial charge in [-0.25, -0.2) is 0 Å². The largest absolute Gasteiger partial charge is 0.497 e. The minimum absolute atomic E-state index is 0.190. The van der Waals surface area contributed by atoms with Crippen molar-refractivity contribution < 1.29 is 9.94 Å². The van der Waals surface area contributed by atoms with Crippen LogP contribution < -0.4 is 15.8 Å². The highest BCUT2D eigenvalue weighted by Crippen LogP contribution is 2.48. The summed E-state index contributed by atoms with van der Waals surface area (Å²) < 4.78 is 5.19. The van der Waals surface area contributed by atoms with E-state index in [1.165, 1.54) is 5.56 Å². The first-order valence-electron chi connectivity index (χ1n) is 6.47. The molecule has 1 aromatic rings. The minimum atomic E-state index is 0.190. The molecule has 1 aliphatic carbocycles. The molecule has 5 nitrogen and oxygen atoms in total. The van der Waals surface area contributed by atoms with Gasteiger partial charge in [0, 0.05) is 19.5 Å². The maximum absolute atomic E-state index is 8.62. The smallest absolute Gasteiger partial charge is 0.139 e. The van der Waals surface area contributed by atoms with Crippen LogP contribution in [0.2, 0.25) is 0 Å². The quantitative estimate of drug-likeness (QED) is 0.303. The van der Waals surface area contributed by atoms with Crippen LogP contribution in [0, 0.1) is 5.41 Å². The summed E-state index contributed by atoms with van der Waals surface area (Å²) in [5.41, 5.74) is 6.96. The summed E-state index contributed by atoms with van der Waals surface area (Å²) in [6, 6.07) is 8.01. The van der Waals surface area contributed by atoms with E-state index in [0.717, 1.165) is 31.7 Å². The number of methoxy groups -OCH3 is 1. The van der Waals surface area contributed by atoms with Crippen molar-refractivity contribution in [3.05, 3.63) is 29.8 Å². The number of rotatable bonds is 7. The van der Waals surface area contributed by atoms with Gasteiger partial charge in [-0.3, -0.25) is 0 Å². The van der Waals surface area contributed by atoms with Crippen LogP contribution in [0.1, 0.15) is 24.8 Å². The lowest BCUT2D eigenvalue weighted by atomic mass is 10.0. The van der Waals surface area contributed by atoms with E-state index in [0.29, 0.717) is 12.3 Å². The van der Waals surface area contributed by atoms with Crippen LogP contribution in [0.5, 0.6) is 5.75 Å². The molecule has 5 heteroatoms. The van der Waals surface area contributed by atoms with Gasteiger partial charge in [0.1, 0.15) is 11.6 Å². The summed E-state index contributed by atoms with van der Waals surface area (Å²) in [5, 5.41) is 15.1. The number of ether oxygens (including phenoxy) is 1. The lowest BCUT2D eigenvalue weighted by Crippen LogP contribution is -2.28. The van der Waals surface area contributed by atoms with Crippen molar-refractivity contribution in [3.63, 3.8) is 0 Å². The van der Waals surface area contributed by atoms with Crippen molar-refractivity contribution in [3.8, 4) is 5.75 Å². The van der Waals surface area contributed by atoms with Gasteiger partial charge in [0.2, 0.25) is 0 Å². The van der Waals surface area contributed by atoms with Gasteiger partial charge in [0.15, 0.2) is 0 Å². The SMILES string of the molecule is COc1cccc(CNCC2(CC(N)=NO)CC2)c1. The molecule has 0 heterocycles. The fraction of sp³-hybridized carbons (Fsp3) is 0.500. The summed E-state index contributed by atoms with van der Waals surface area (Å²) in [6.45, 7) is 1.69. The summed E-state index contributed by atoms with van der Waals surface area (Å²) in [4.78, 5) is 0. The minimum Gasteiger partial charge on any atom is -0.497 e. The van der Waals surface area contributed by atoms with Crippen molar-refractivity contribution in [2.75, 3.05) is 13.7 Å². The van der Waals surface area contributed by atoms with Gasteiger partial charge in [0.25, 0.3) is 0 Å². The zero-order valence-electron chi connectivity index (χ0n) is 11.2. The number of nitrogens with two attached hydrogens (primary N) is 1. The molecule has 0 spiro atoms. The molecule has 0 aromatic heterocycles. The Labute approximate surface area is 113 Å². The van der Waals surface area contributed by atoms with Crippen LogP contribution in [0.4, 0.5) is 0 Å². The van der Waals surface area contributed by atoms with Crippen molar-refractivity contribution in [2.45, 2.75) is 25.8 Å². The fourth-order valence-electron chi connectivity index (χ4n) is 2.27. The lowest BCUT2D eigenvalue weighted by molar-refractivity contribution is 0.314. The third kappa shape index (κ3) is 3.86. The molecule has 0 unspecified atom stereocenters. The first-order valence-corrected chi connectivity index (χ1v) is 6.47. The second-order valence-electron chi connectivity index (χ2n) is 5.22. The van der Waals surface area contributed by atoms with Crippen molar-refractivity contribution in [2.24, 2.45) is 16.3 Å². The van der Waals surface area contributed by atoms with E-state index in [-0.39, 0.29) is 5.41 Å². The molecular weight excluding hydrogens is 242 g/mol. The summed E-state index contributed by atoms with van der Waals surface area (Å²) in [5.74, 6) is 1.19. The van der Waals surface area contributed by atoms with Crippen LogP contribution in [0.3, 0.4) is 0 Å². The highest BCUT2D eigenvalue weighted by atomic mass is 16.5. The molecular formula is C14H21N3O2. The van der Waals surface area contributed by atoms with Gasteiger partial charge in [0.05, 0.1) is 7.11 Å². The Kier molecular flexibility index (Phi) is 4.27. The molecule has 0 saturated heterocycles. The zero-order chi connectivity index (χ0) is 13.7. The molecule has 0 aliphatic heterocycles. The van der Waals surface area contributed by atoms with Gasteiger partial charge >= 0.3 is 0 Å². The van der Waals surface area contributed by atoms with E-state index in [2.05, 4.69) is 16.5 Å². The topological polar surface area (TPSA) is 79.9 Å². The second kappa shape index (κ2) is 5.93. The Bertz CT molecular complexity index is 456. The molecule has 1 aromatic carbocycles. The normalized spacial score (nSPS) is 17.2. The standard InChI is InChI=1S/C14H21N3O2/c1-19-12-4-2-3-11(7-12)9-16-10-14(5-6-14)8-13(15)17-18/h2-4,7,16,18H,5-6,8-10H2,1H3,(H2,15,17). The maximum Gasteiger partial charge on any atom is 0.139 e. The van der Waals surface area contributed by atoms with Gasteiger partial charge in [-0.2, -0.15) is 0 Å². The maximum atomic E-state index is 8.62. The van der Waals surface area contributed by atoms with Crippen molar-refractivity contribution in [1.82, 2.24) is 5.32 Å². The molecule has 0 amide bonds. The summed E-state index contributed by atoms with van der Waals surface area (Å²) in [6.07, 6.45) is 2.93. The van der Waals surface area contributed by atoms with E-state index in [4.69, 9.17) is 15.7 Å². The van der Waals surface area contributed by atoms with E-state index >= 15 is 0 Å². The monoisotopic (exact) mass is 263 g/mol. The Hall–Kier alpha value is -1.75. The lowest BCUT2D eigenvalue weighted by Gasteiger charge is -2.15. The molecule has 104 valence electrons. The average molecular weight is 263 g/mol. The Morgan fingerprint density at radius 3 is 2.95 bits per heavy atom. The molecule has 2 rings (SSSR count). The number of amidine groups is 1. The molecule has 0 radical (unpaired) electrons. The summed E-state index contributed by atoms with van der Waals surface area (Å²) >= 11 is 0. The third-order valence-electron chi connectivity index (χ3n) is 3.60. The molecule has 0 bridgehead atoms. The summed E-state index contributed by atoms with van der Waals surface area (Å²) in [7, 11) is 1.67. The predicted molar refractivity (Wildman–Crippen MR) is 74.4 cm³/mol. The Morgan fingerprint density at radius 1 is 1.53 bits per heavy atom. The molecule has 0 atom stereocenters. The third-order valence-corrected chi connectivity index (χ3v) is 3.60. The van der Waals surface area contributed by atoms with Crippen LogP contribution in [0.25, 0.3) is 0 Å². The van der Waals surface area contributed by atoms with Crippen molar-refractivity contribution in [1.29, 1.82) is 0 Å². The number of oxime groups is 1. The van der Waals surface area contributed by atoms with Crippen LogP contribution in [-0.4, -0.2) is 24.7 Å². The second-order valence-corrected chi connectivity index (χ2v) is 5.22. The van der Waals surface area contributed by atoms with E-state index in [1.807, 2.05) is 18.2 Å². The van der Waals surface area contributed by atoms with Crippen LogP contribution >= 0.6 is 0 Å². The van der Waals surface area contributed by atoms with E-state index in [1.54, 1.807) is 7.11 Å². The van der Waals surface area contributed by atoms with Gasteiger partial charge in [-0.05, 0) is 36.0 Å². The van der Waals surface area contributed by atoms with Crippen molar-refractivity contribution >= 4 is 5.84 Å². The van der Waals surface area contributed by atoms with Gasteiger partial charge in [-0.15, -0.1) is 0 Å². The average Bonchev–Trinajstić information content (AvgIpc) is 3.18. The fourth-order valence-corrected chi connectivity index (χ4v) is 2.27.